The van der Waals surface area contributed by atoms with Gasteiger partial charge in [0, 0.05) is 24.8 Å². The molecule has 2 heterocycles. The number of alkyl halides is 3. The summed E-state index contributed by atoms with van der Waals surface area (Å²) < 4.78 is 38.9. The minimum absolute atomic E-state index is 0.00718. The Labute approximate surface area is 182 Å². The molecule has 1 fully saturated rings. The average Bonchev–Trinajstić information content (AvgIpc) is 2.66. The van der Waals surface area contributed by atoms with Crippen LogP contribution in [0.2, 0.25) is 5.02 Å². The number of amides is 1. The molecule has 1 aromatic carbocycles. The summed E-state index contributed by atoms with van der Waals surface area (Å²) in [5.41, 5.74) is -0.947. The van der Waals surface area contributed by atoms with E-state index in [2.05, 4.69) is 34.0 Å². The van der Waals surface area contributed by atoms with Gasteiger partial charge in [-0.1, -0.05) is 37.2 Å². The van der Waals surface area contributed by atoms with Crippen LogP contribution in [0, 0.1) is 11.8 Å². The van der Waals surface area contributed by atoms with Crippen LogP contribution in [-0.2, 0) is 11.0 Å². The first kappa shape index (κ1) is 22.7. The van der Waals surface area contributed by atoms with Crippen LogP contribution in [0.4, 0.5) is 24.7 Å². The molecule has 5 nitrogen and oxygen atoms in total. The van der Waals surface area contributed by atoms with Crippen molar-refractivity contribution in [3.8, 4) is 0 Å². The normalized spacial score (nSPS) is 19.6. The van der Waals surface area contributed by atoms with Gasteiger partial charge in [-0.2, -0.15) is 13.2 Å². The molecule has 0 saturated carbocycles. The molecule has 1 amide bonds. The monoisotopic (exact) mass is 458 g/mol. The topological polar surface area (TPSA) is 58.1 Å². The molecule has 2 aromatic rings. The molecule has 0 spiro atoms. The zero-order valence-electron chi connectivity index (χ0n) is 16.5. The molecule has 0 bridgehead atoms. The number of nitrogens with zero attached hydrogens (tertiary/aromatic N) is 3. The number of carbonyl (C=O) groups excluding carboxylic acids is 1. The Hall–Kier alpha value is -2.00. The van der Waals surface area contributed by atoms with Crippen LogP contribution >= 0.6 is 23.4 Å². The second-order valence-electron chi connectivity index (χ2n) is 7.59. The highest BCUT2D eigenvalue weighted by molar-refractivity contribution is 7.99. The van der Waals surface area contributed by atoms with E-state index in [1.165, 1.54) is 30.6 Å². The first-order valence-corrected chi connectivity index (χ1v) is 10.8. The molecule has 0 unspecified atom stereocenters. The molecule has 3 rings (SSSR count). The molecular weight excluding hydrogens is 437 g/mol. The molecular formula is C20H22ClF3N4OS. The van der Waals surface area contributed by atoms with Crippen molar-refractivity contribution < 1.29 is 18.0 Å². The van der Waals surface area contributed by atoms with E-state index in [1.54, 1.807) is 0 Å². The highest BCUT2D eigenvalue weighted by atomic mass is 35.5. The Balaban J connectivity index is 1.60. The van der Waals surface area contributed by atoms with Gasteiger partial charge in [0.05, 0.1) is 16.3 Å². The van der Waals surface area contributed by atoms with Crippen LogP contribution < -0.4 is 10.2 Å². The molecule has 2 atom stereocenters. The lowest BCUT2D eigenvalue weighted by Crippen LogP contribution is -2.39. The largest absolute Gasteiger partial charge is 0.417 e. The van der Waals surface area contributed by atoms with E-state index in [0.29, 0.717) is 16.9 Å². The van der Waals surface area contributed by atoms with E-state index in [-0.39, 0.29) is 11.4 Å². The van der Waals surface area contributed by atoms with Gasteiger partial charge in [0.2, 0.25) is 5.91 Å². The number of carbonyl (C=O) groups is 1. The Kier molecular flexibility index (Phi) is 7.13. The molecule has 1 N–H and O–H groups in total. The van der Waals surface area contributed by atoms with Gasteiger partial charge < -0.3 is 10.2 Å². The standard InChI is InChI=1S/C20H22ClF3N4OS/c1-12-5-13(2)9-28(8-12)17-7-19(26-11-25-17)30-10-18(29)27-14-3-4-16(21)15(6-14)20(22,23)24/h3-4,6-7,11-13H,5,8-10H2,1-2H3,(H,27,29)/t12-,13-/m1/s1. The Morgan fingerprint density at radius 1 is 1.23 bits per heavy atom. The molecule has 0 aliphatic carbocycles. The molecule has 1 aromatic heterocycles. The Morgan fingerprint density at radius 2 is 1.93 bits per heavy atom. The van der Waals surface area contributed by atoms with E-state index in [4.69, 9.17) is 11.6 Å². The van der Waals surface area contributed by atoms with Gasteiger partial charge in [-0.25, -0.2) is 9.97 Å². The van der Waals surface area contributed by atoms with Gasteiger partial charge in [-0.15, -0.1) is 0 Å². The second-order valence-corrected chi connectivity index (χ2v) is 9.00. The zero-order valence-corrected chi connectivity index (χ0v) is 18.1. The lowest BCUT2D eigenvalue weighted by molar-refractivity contribution is -0.137. The van der Waals surface area contributed by atoms with Gasteiger partial charge in [-0.3, -0.25) is 4.79 Å². The van der Waals surface area contributed by atoms with E-state index in [0.717, 1.165) is 31.0 Å². The van der Waals surface area contributed by atoms with E-state index >= 15 is 0 Å². The van der Waals surface area contributed by atoms with Crippen molar-refractivity contribution >= 4 is 40.8 Å². The van der Waals surface area contributed by atoms with Crippen molar-refractivity contribution in [3.05, 3.63) is 41.2 Å². The predicted octanol–water partition coefficient (Wildman–Crippen LogP) is 5.36. The molecule has 30 heavy (non-hydrogen) atoms. The van der Waals surface area contributed by atoms with Crippen molar-refractivity contribution in [2.75, 3.05) is 29.1 Å². The number of anilines is 2. The summed E-state index contributed by atoms with van der Waals surface area (Å²) >= 11 is 6.80. The number of aromatic nitrogens is 2. The number of halogens is 4. The van der Waals surface area contributed by atoms with Gasteiger partial charge in [-0.05, 0) is 36.5 Å². The van der Waals surface area contributed by atoms with Crippen LogP contribution in [0.5, 0.6) is 0 Å². The summed E-state index contributed by atoms with van der Waals surface area (Å²) in [5, 5.41) is 2.69. The van der Waals surface area contributed by atoms with Gasteiger partial charge in [0.25, 0.3) is 0 Å². The molecule has 0 radical (unpaired) electrons. The fraction of sp³-hybridized carbons (Fsp3) is 0.450. The summed E-state index contributed by atoms with van der Waals surface area (Å²) in [7, 11) is 0. The minimum Gasteiger partial charge on any atom is -0.356 e. The van der Waals surface area contributed by atoms with E-state index in [9.17, 15) is 18.0 Å². The molecule has 162 valence electrons. The molecule has 1 aliphatic heterocycles. The SMILES string of the molecule is C[C@@H]1C[C@@H](C)CN(c2cc(SCC(=O)Nc3ccc(Cl)c(C(F)(F)F)c3)ncn2)C1. The van der Waals surface area contributed by atoms with Crippen molar-refractivity contribution in [1.82, 2.24) is 9.97 Å². The van der Waals surface area contributed by atoms with Crippen LogP contribution in [0.15, 0.2) is 35.6 Å². The summed E-state index contributed by atoms with van der Waals surface area (Å²) in [4.78, 5) is 23.0. The van der Waals surface area contributed by atoms with E-state index in [1.807, 2.05) is 6.07 Å². The fourth-order valence-electron chi connectivity index (χ4n) is 3.59. The second kappa shape index (κ2) is 9.43. The minimum atomic E-state index is -4.59. The summed E-state index contributed by atoms with van der Waals surface area (Å²) in [6.07, 6.45) is -1.94. The first-order chi connectivity index (χ1) is 14.1. The summed E-state index contributed by atoms with van der Waals surface area (Å²) in [6.45, 7) is 6.27. The maximum atomic E-state index is 13.0. The van der Waals surface area contributed by atoms with Crippen LogP contribution in [0.3, 0.4) is 0 Å². The van der Waals surface area contributed by atoms with Gasteiger partial charge >= 0.3 is 6.18 Å². The average molecular weight is 459 g/mol. The molecule has 1 saturated heterocycles. The maximum absolute atomic E-state index is 13.0. The molecule has 1 aliphatic rings. The van der Waals surface area contributed by atoms with E-state index < -0.39 is 22.7 Å². The van der Waals surface area contributed by atoms with Gasteiger partial charge in [0.1, 0.15) is 17.2 Å². The highest BCUT2D eigenvalue weighted by Crippen LogP contribution is 2.36. The quantitative estimate of drug-likeness (QED) is 0.482. The van der Waals surface area contributed by atoms with Crippen LogP contribution in [0.25, 0.3) is 0 Å². The number of nitrogens with one attached hydrogen (secondary N) is 1. The van der Waals surface area contributed by atoms with Crippen molar-refractivity contribution in [2.24, 2.45) is 11.8 Å². The maximum Gasteiger partial charge on any atom is 0.417 e. The Bertz CT molecular complexity index is 902. The fourth-order valence-corrected chi connectivity index (χ4v) is 4.47. The predicted molar refractivity (Wildman–Crippen MR) is 113 cm³/mol. The number of thioether (sulfide) groups is 1. The zero-order chi connectivity index (χ0) is 21.9. The number of hydrogen-bond donors (Lipinski definition) is 1. The molecule has 10 heteroatoms. The number of benzene rings is 1. The third-order valence-electron chi connectivity index (χ3n) is 4.73. The summed E-state index contributed by atoms with van der Waals surface area (Å²) in [6, 6.07) is 5.12. The number of rotatable bonds is 5. The van der Waals surface area contributed by atoms with Crippen molar-refractivity contribution in [2.45, 2.75) is 31.5 Å². The van der Waals surface area contributed by atoms with Crippen molar-refractivity contribution in [1.29, 1.82) is 0 Å². The van der Waals surface area contributed by atoms with Gasteiger partial charge in [0.15, 0.2) is 0 Å². The van der Waals surface area contributed by atoms with Crippen molar-refractivity contribution in [3.63, 3.8) is 0 Å². The third-order valence-corrected chi connectivity index (χ3v) is 5.98. The smallest absolute Gasteiger partial charge is 0.356 e. The first-order valence-electron chi connectivity index (χ1n) is 9.48. The Morgan fingerprint density at radius 3 is 2.60 bits per heavy atom. The van der Waals surface area contributed by atoms with Crippen LogP contribution in [0.1, 0.15) is 25.8 Å². The highest BCUT2D eigenvalue weighted by Gasteiger charge is 2.33. The third kappa shape index (κ3) is 6.01. The number of piperidine rings is 1. The lowest BCUT2D eigenvalue weighted by atomic mass is 9.92. The lowest BCUT2D eigenvalue weighted by Gasteiger charge is -2.35. The number of hydrogen-bond acceptors (Lipinski definition) is 5. The summed E-state index contributed by atoms with van der Waals surface area (Å²) in [5.74, 6) is 1.54. The van der Waals surface area contributed by atoms with Crippen LogP contribution in [-0.4, -0.2) is 34.7 Å².